The summed E-state index contributed by atoms with van der Waals surface area (Å²) in [5.41, 5.74) is 7.04. The van der Waals surface area contributed by atoms with Crippen molar-refractivity contribution in [2.75, 3.05) is 0 Å². The molecule has 4 nitrogen and oxygen atoms in total. The van der Waals surface area contributed by atoms with Gasteiger partial charge in [0.25, 0.3) is 0 Å². The fourth-order valence-electron chi connectivity index (χ4n) is 10.2. The van der Waals surface area contributed by atoms with Gasteiger partial charge in [-0.2, -0.15) is 0 Å². The molecule has 5 heteroatoms. The van der Waals surface area contributed by atoms with E-state index in [2.05, 4.69) is 77.9 Å². The van der Waals surface area contributed by atoms with Gasteiger partial charge in [-0.25, -0.2) is 0 Å². The van der Waals surface area contributed by atoms with Crippen LogP contribution in [0, 0.1) is 22.7 Å². The molecular weight excluding hydrogens is 553 g/mol. The van der Waals surface area contributed by atoms with Gasteiger partial charge in [0.1, 0.15) is 0 Å². The summed E-state index contributed by atoms with van der Waals surface area (Å²) in [5, 5.41) is 23.6. The van der Waals surface area contributed by atoms with Gasteiger partial charge in [-0.3, -0.25) is 0 Å². The van der Waals surface area contributed by atoms with Crippen molar-refractivity contribution in [3.63, 3.8) is 0 Å². The van der Waals surface area contributed by atoms with E-state index in [1.165, 1.54) is 33.4 Å². The second kappa shape index (κ2) is 12.6. The van der Waals surface area contributed by atoms with Crippen LogP contribution in [0.5, 0.6) is 0 Å². The summed E-state index contributed by atoms with van der Waals surface area (Å²) in [6.45, 7) is 17.3. The molecule has 0 heterocycles. The number of fused-ring (bicyclic) bond motifs is 6. The molecule has 0 radical (unpaired) electrons. The van der Waals surface area contributed by atoms with Crippen molar-refractivity contribution in [3.8, 4) is 0 Å². The quantitative estimate of drug-likeness (QED) is 0.360. The molecule has 240 valence electrons. The van der Waals surface area contributed by atoms with Crippen LogP contribution in [0.2, 0.25) is 0 Å². The first-order valence-corrected chi connectivity index (χ1v) is 17.3. The van der Waals surface area contributed by atoms with Crippen molar-refractivity contribution in [2.45, 2.75) is 142 Å². The first-order chi connectivity index (χ1) is 20.6. The van der Waals surface area contributed by atoms with Gasteiger partial charge >= 0.3 is 10.1 Å². The SMILES string of the molecule is CC(C)c1ccc2c(c1)CC[C@H]1[C@@](C)(C(=O)[O-])CCC[C@]21C.CC(C)c1ccc2c(c1)CC[C@H]1[C@@](C)(C(=O)[O-])CCC[C@]21C.[Be+2]. The van der Waals surface area contributed by atoms with Crippen molar-refractivity contribution in [3.05, 3.63) is 69.8 Å². The Morgan fingerprint density at radius 2 is 1.00 bits per heavy atom. The van der Waals surface area contributed by atoms with E-state index in [4.69, 9.17) is 0 Å². The normalized spacial score (nSPS) is 33.4. The van der Waals surface area contributed by atoms with Crippen LogP contribution in [-0.2, 0) is 33.3 Å². The average molecular weight is 608 g/mol. The Bertz CT molecular complexity index is 1320. The van der Waals surface area contributed by atoms with Gasteiger partial charge in [0.2, 0.25) is 0 Å². The minimum Gasteiger partial charge on any atom is -0.550 e. The number of carboxylic acid groups (broad SMARTS) is 2. The van der Waals surface area contributed by atoms with Crippen LogP contribution < -0.4 is 10.2 Å². The molecule has 0 spiro atoms. The number of carboxylic acids is 2. The van der Waals surface area contributed by atoms with Crippen LogP contribution in [0.25, 0.3) is 0 Å². The molecule has 45 heavy (non-hydrogen) atoms. The second-order valence-corrected chi connectivity index (χ2v) is 16.3. The van der Waals surface area contributed by atoms with E-state index in [1.807, 2.05) is 13.8 Å². The second-order valence-electron chi connectivity index (χ2n) is 16.3. The summed E-state index contributed by atoms with van der Waals surface area (Å²) < 4.78 is 0. The van der Waals surface area contributed by atoms with Crippen molar-refractivity contribution in [2.24, 2.45) is 22.7 Å². The molecular formula is C40H54BeO4. The average Bonchev–Trinajstić information content (AvgIpc) is 2.96. The minimum atomic E-state index is -0.856. The van der Waals surface area contributed by atoms with E-state index in [0.717, 1.165) is 64.2 Å². The zero-order chi connectivity index (χ0) is 32.2. The van der Waals surface area contributed by atoms with Crippen LogP contribution in [0.1, 0.15) is 152 Å². The zero-order valence-corrected chi connectivity index (χ0v) is 29.2. The third-order valence-corrected chi connectivity index (χ3v) is 13.0. The largest absolute Gasteiger partial charge is 2.00 e. The minimum absolute atomic E-state index is 0. The van der Waals surface area contributed by atoms with Crippen molar-refractivity contribution in [1.82, 2.24) is 0 Å². The molecule has 0 unspecified atom stereocenters. The molecule has 0 saturated heterocycles. The number of benzene rings is 2. The molecule has 0 N–H and O–H groups in total. The number of carbonyl (C=O) groups is 2. The third kappa shape index (κ3) is 5.83. The van der Waals surface area contributed by atoms with Crippen molar-refractivity contribution in [1.29, 1.82) is 0 Å². The maximum atomic E-state index is 11.8. The fraction of sp³-hybridized carbons (Fsp3) is 0.650. The number of aliphatic carboxylic acids is 2. The molecule has 6 rings (SSSR count). The van der Waals surface area contributed by atoms with E-state index in [-0.39, 0.29) is 32.8 Å². The van der Waals surface area contributed by atoms with Gasteiger partial charge in [0.05, 0.1) is 0 Å². The predicted molar refractivity (Wildman–Crippen MR) is 179 cm³/mol. The summed E-state index contributed by atoms with van der Waals surface area (Å²) >= 11 is 0. The summed E-state index contributed by atoms with van der Waals surface area (Å²) in [6, 6.07) is 13.7. The third-order valence-electron chi connectivity index (χ3n) is 13.0. The Labute approximate surface area is 276 Å². The first-order valence-electron chi connectivity index (χ1n) is 17.3. The van der Waals surface area contributed by atoms with Crippen LogP contribution in [0.3, 0.4) is 0 Å². The van der Waals surface area contributed by atoms with Gasteiger partial charge < -0.3 is 19.8 Å². The molecule has 2 saturated carbocycles. The smallest absolute Gasteiger partial charge is 0.550 e. The number of hydrogen-bond donors (Lipinski definition) is 0. The zero-order valence-electron chi connectivity index (χ0n) is 29.2. The molecule has 0 aromatic heterocycles. The molecule has 0 aliphatic heterocycles. The monoisotopic (exact) mass is 607 g/mol. The van der Waals surface area contributed by atoms with Crippen LogP contribution in [-0.4, -0.2) is 22.1 Å². The van der Waals surface area contributed by atoms with Crippen LogP contribution in [0.4, 0.5) is 0 Å². The summed E-state index contributed by atoms with van der Waals surface area (Å²) in [4.78, 5) is 23.6. The van der Waals surface area contributed by atoms with E-state index in [1.54, 1.807) is 0 Å². The van der Waals surface area contributed by atoms with Gasteiger partial charge in [-0.1, -0.05) is 105 Å². The van der Waals surface area contributed by atoms with Crippen LogP contribution in [0.15, 0.2) is 36.4 Å². The Morgan fingerprint density at radius 3 is 1.31 bits per heavy atom. The maximum Gasteiger partial charge on any atom is 2.00 e. The van der Waals surface area contributed by atoms with Crippen molar-refractivity contribution >= 4 is 22.1 Å². The van der Waals surface area contributed by atoms with Crippen molar-refractivity contribution < 1.29 is 19.8 Å². The Hall–Kier alpha value is -2.45. The number of carbonyl (C=O) groups excluding carboxylic acids is 2. The molecule has 4 aliphatic carbocycles. The number of hydrogen-bond acceptors (Lipinski definition) is 4. The summed E-state index contributed by atoms with van der Waals surface area (Å²) in [7, 11) is 0. The number of rotatable bonds is 4. The Kier molecular flexibility index (Phi) is 9.94. The fourth-order valence-corrected chi connectivity index (χ4v) is 10.2. The summed E-state index contributed by atoms with van der Waals surface area (Å²) in [5.74, 6) is -0.255. The van der Waals surface area contributed by atoms with E-state index in [9.17, 15) is 19.8 Å². The molecule has 2 aromatic rings. The van der Waals surface area contributed by atoms with Gasteiger partial charge in [0.15, 0.2) is 0 Å². The maximum absolute atomic E-state index is 11.8. The number of aryl methyl sites for hydroxylation is 2. The van der Waals surface area contributed by atoms with E-state index >= 15 is 0 Å². The van der Waals surface area contributed by atoms with Gasteiger partial charge in [0, 0.05) is 22.8 Å². The van der Waals surface area contributed by atoms with Crippen LogP contribution >= 0.6 is 0 Å². The Morgan fingerprint density at radius 1 is 0.644 bits per heavy atom. The molecule has 0 amide bonds. The van der Waals surface area contributed by atoms with E-state index < -0.39 is 22.8 Å². The molecule has 6 atom stereocenters. The van der Waals surface area contributed by atoms with E-state index in [0.29, 0.717) is 11.8 Å². The topological polar surface area (TPSA) is 80.3 Å². The molecule has 2 fully saturated rings. The molecule has 0 bridgehead atoms. The Balaban J connectivity index is 0.000000200. The molecule has 2 aromatic carbocycles. The first kappa shape index (κ1) is 35.4. The summed E-state index contributed by atoms with van der Waals surface area (Å²) in [6.07, 6.45) is 9.59. The van der Waals surface area contributed by atoms with Gasteiger partial charge in [-0.05, 0) is 119 Å². The predicted octanol–water partition coefficient (Wildman–Crippen LogP) is 6.76. The van der Waals surface area contributed by atoms with Gasteiger partial charge in [-0.15, -0.1) is 0 Å². The molecule has 4 aliphatic rings. The standard InChI is InChI=1S/2C20H28O2.Be/c2*1-13(2)14-6-8-16-15(12-14)7-9-17-19(16,3)10-5-11-20(17,4)18(21)22;/h2*6,8,12-13,17H,5,7,9-11H2,1-4H3,(H,21,22);/q;;+2/p-2/t2*17-,19-,20+;/m11./s1.